The molecule has 1 aromatic heterocycles. The van der Waals surface area contributed by atoms with Crippen LogP contribution in [-0.4, -0.2) is 49.0 Å². The smallest absolute Gasteiger partial charge is 0.437 e. The van der Waals surface area contributed by atoms with Gasteiger partial charge in [0.1, 0.15) is 5.82 Å². The molecule has 2 aromatic rings. The van der Waals surface area contributed by atoms with E-state index in [1.165, 1.54) is 17.8 Å². The average Bonchev–Trinajstić information content (AvgIpc) is 2.72. The fourth-order valence-electron chi connectivity index (χ4n) is 3.56. The van der Waals surface area contributed by atoms with E-state index in [0.29, 0.717) is 24.5 Å². The molecule has 0 amide bonds. The lowest BCUT2D eigenvalue weighted by molar-refractivity contribution is -0.142. The molecule has 1 saturated heterocycles. The molecule has 5 nitrogen and oxygen atoms in total. The van der Waals surface area contributed by atoms with Gasteiger partial charge in [-0.05, 0) is 30.4 Å². The summed E-state index contributed by atoms with van der Waals surface area (Å²) in [5.74, 6) is -0.503. The van der Waals surface area contributed by atoms with Crippen molar-refractivity contribution in [2.24, 2.45) is 5.92 Å². The van der Waals surface area contributed by atoms with Gasteiger partial charge >= 0.3 is 6.18 Å². The summed E-state index contributed by atoms with van der Waals surface area (Å²) in [5.41, 5.74) is -0.194. The number of anilines is 2. The van der Waals surface area contributed by atoms with E-state index < -0.39 is 17.6 Å². The van der Waals surface area contributed by atoms with Gasteiger partial charge in [-0.2, -0.15) is 13.2 Å². The standard InChI is InChI=1S/C20H24F4N4OS/c1-12(2)15-11-27(13-5-6-14(21)17(9-13)30-4)7-8-28(15)19-25-10-16(29-3)18(26-19)20(22,23)24/h5-6,9-10,12,15H,7-8,11H2,1-4H3. The third kappa shape index (κ3) is 4.58. The van der Waals surface area contributed by atoms with Crippen LogP contribution in [0.25, 0.3) is 0 Å². The molecule has 0 N–H and O–H groups in total. The zero-order valence-corrected chi connectivity index (χ0v) is 18.0. The fraction of sp³-hybridized carbons (Fsp3) is 0.500. The number of piperazine rings is 1. The van der Waals surface area contributed by atoms with Gasteiger partial charge in [-0.1, -0.05) is 13.8 Å². The topological polar surface area (TPSA) is 41.5 Å². The van der Waals surface area contributed by atoms with Crippen molar-refractivity contribution in [3.63, 3.8) is 0 Å². The van der Waals surface area contributed by atoms with Gasteiger partial charge in [0.25, 0.3) is 0 Å². The maximum atomic E-state index is 13.9. The molecule has 1 aliphatic heterocycles. The molecule has 2 heterocycles. The summed E-state index contributed by atoms with van der Waals surface area (Å²) in [5, 5.41) is 0. The molecule has 0 radical (unpaired) electrons. The molecular weight excluding hydrogens is 420 g/mol. The molecule has 1 aromatic carbocycles. The number of hydrogen-bond donors (Lipinski definition) is 0. The molecule has 1 fully saturated rings. The van der Waals surface area contributed by atoms with E-state index in [0.717, 1.165) is 19.0 Å². The van der Waals surface area contributed by atoms with Gasteiger partial charge in [0.2, 0.25) is 5.95 Å². The predicted molar refractivity (Wildman–Crippen MR) is 110 cm³/mol. The molecule has 10 heteroatoms. The fourth-order valence-corrected chi connectivity index (χ4v) is 4.06. The van der Waals surface area contributed by atoms with Crippen LogP contribution >= 0.6 is 11.8 Å². The predicted octanol–water partition coefficient (Wildman–Crippen LogP) is 4.72. The van der Waals surface area contributed by atoms with Gasteiger partial charge in [0.15, 0.2) is 11.4 Å². The molecule has 30 heavy (non-hydrogen) atoms. The van der Waals surface area contributed by atoms with Crippen molar-refractivity contribution in [1.29, 1.82) is 0 Å². The SMILES string of the molecule is COc1cnc(N2CCN(c3ccc(F)c(SC)c3)CC2C(C)C)nc1C(F)(F)F. The van der Waals surface area contributed by atoms with Crippen molar-refractivity contribution >= 4 is 23.4 Å². The van der Waals surface area contributed by atoms with E-state index in [4.69, 9.17) is 4.74 Å². The first kappa shape index (κ1) is 22.5. The van der Waals surface area contributed by atoms with E-state index in [1.807, 2.05) is 25.0 Å². The van der Waals surface area contributed by atoms with Gasteiger partial charge in [-0.15, -0.1) is 11.8 Å². The zero-order chi connectivity index (χ0) is 22.1. The molecule has 3 rings (SSSR count). The highest BCUT2D eigenvalue weighted by Crippen LogP contribution is 2.36. The van der Waals surface area contributed by atoms with Crippen LogP contribution < -0.4 is 14.5 Å². The van der Waals surface area contributed by atoms with Gasteiger partial charge < -0.3 is 14.5 Å². The Morgan fingerprint density at radius 2 is 1.97 bits per heavy atom. The number of alkyl halides is 3. The Morgan fingerprint density at radius 1 is 1.23 bits per heavy atom. The van der Waals surface area contributed by atoms with Crippen molar-refractivity contribution in [2.45, 2.75) is 31.0 Å². The quantitative estimate of drug-likeness (QED) is 0.491. The number of aromatic nitrogens is 2. The zero-order valence-electron chi connectivity index (χ0n) is 17.2. The first-order valence-corrected chi connectivity index (χ1v) is 10.7. The van der Waals surface area contributed by atoms with Crippen molar-refractivity contribution < 1.29 is 22.3 Å². The molecule has 1 aliphatic rings. The Balaban J connectivity index is 1.90. The number of methoxy groups -OCH3 is 1. The summed E-state index contributed by atoms with van der Waals surface area (Å²) < 4.78 is 58.8. The summed E-state index contributed by atoms with van der Waals surface area (Å²) in [7, 11) is 1.16. The minimum atomic E-state index is -4.64. The van der Waals surface area contributed by atoms with E-state index >= 15 is 0 Å². The molecule has 1 unspecified atom stereocenters. The second-order valence-corrected chi connectivity index (χ2v) is 8.20. The number of halogens is 4. The number of rotatable bonds is 5. The second kappa shape index (κ2) is 8.87. The normalized spacial score (nSPS) is 17.6. The van der Waals surface area contributed by atoms with E-state index in [9.17, 15) is 17.6 Å². The summed E-state index contributed by atoms with van der Waals surface area (Å²) in [6, 6.07) is 4.86. The van der Waals surface area contributed by atoms with Gasteiger partial charge in [-0.25, -0.2) is 14.4 Å². The number of ether oxygens (including phenoxy) is 1. The number of thioether (sulfide) groups is 1. The van der Waals surface area contributed by atoms with Crippen LogP contribution in [0.2, 0.25) is 0 Å². The Bertz CT molecular complexity index is 894. The Morgan fingerprint density at radius 3 is 2.57 bits per heavy atom. The first-order valence-electron chi connectivity index (χ1n) is 9.49. The van der Waals surface area contributed by atoms with Crippen LogP contribution in [0.5, 0.6) is 5.75 Å². The summed E-state index contributed by atoms with van der Waals surface area (Å²) >= 11 is 1.33. The lowest BCUT2D eigenvalue weighted by Gasteiger charge is -2.44. The first-order chi connectivity index (χ1) is 14.2. The minimum absolute atomic E-state index is 0.0328. The number of nitrogens with zero attached hydrogens (tertiary/aromatic N) is 4. The van der Waals surface area contributed by atoms with Crippen molar-refractivity contribution in [1.82, 2.24) is 9.97 Å². The van der Waals surface area contributed by atoms with Crippen LogP contribution in [0.4, 0.5) is 29.2 Å². The Hall–Kier alpha value is -2.23. The molecule has 0 aliphatic carbocycles. The van der Waals surface area contributed by atoms with Crippen LogP contribution in [0.3, 0.4) is 0 Å². The monoisotopic (exact) mass is 444 g/mol. The van der Waals surface area contributed by atoms with Crippen LogP contribution in [0.15, 0.2) is 29.3 Å². The molecule has 164 valence electrons. The van der Waals surface area contributed by atoms with Gasteiger partial charge in [0.05, 0.1) is 19.3 Å². The Labute approximate surface area is 177 Å². The van der Waals surface area contributed by atoms with Crippen molar-refractivity contribution in [3.8, 4) is 5.75 Å². The van der Waals surface area contributed by atoms with Gasteiger partial charge in [-0.3, -0.25) is 0 Å². The Kier molecular flexibility index (Phi) is 6.64. The van der Waals surface area contributed by atoms with Gasteiger partial charge in [0, 0.05) is 30.2 Å². The largest absolute Gasteiger partial charge is 0.493 e. The highest BCUT2D eigenvalue weighted by molar-refractivity contribution is 7.98. The number of benzene rings is 1. The number of hydrogen-bond acceptors (Lipinski definition) is 6. The molecule has 0 bridgehead atoms. The average molecular weight is 444 g/mol. The molecule has 1 atom stereocenters. The third-order valence-corrected chi connectivity index (χ3v) is 5.93. The van der Waals surface area contributed by atoms with E-state index in [2.05, 4.69) is 14.9 Å². The molecule has 0 spiro atoms. The van der Waals surface area contributed by atoms with E-state index in [-0.39, 0.29) is 23.7 Å². The van der Waals surface area contributed by atoms with Crippen LogP contribution in [-0.2, 0) is 6.18 Å². The third-order valence-electron chi connectivity index (χ3n) is 5.18. The maximum absolute atomic E-state index is 13.9. The highest BCUT2D eigenvalue weighted by Gasteiger charge is 2.39. The summed E-state index contributed by atoms with van der Waals surface area (Å²) in [6.07, 6.45) is -1.75. The minimum Gasteiger partial charge on any atom is -0.493 e. The van der Waals surface area contributed by atoms with Crippen LogP contribution in [0.1, 0.15) is 19.5 Å². The second-order valence-electron chi connectivity index (χ2n) is 7.35. The maximum Gasteiger partial charge on any atom is 0.437 e. The summed E-state index contributed by atoms with van der Waals surface area (Å²) in [4.78, 5) is 12.4. The molecule has 0 saturated carbocycles. The van der Waals surface area contributed by atoms with Crippen LogP contribution in [0, 0.1) is 11.7 Å². The van der Waals surface area contributed by atoms with E-state index in [1.54, 1.807) is 12.1 Å². The molecular formula is C20H24F4N4OS. The lowest BCUT2D eigenvalue weighted by Crippen LogP contribution is -2.56. The highest BCUT2D eigenvalue weighted by atomic mass is 32.2. The summed E-state index contributed by atoms with van der Waals surface area (Å²) in [6.45, 7) is 5.58. The van der Waals surface area contributed by atoms with Crippen molar-refractivity contribution in [2.75, 3.05) is 42.8 Å². The lowest BCUT2D eigenvalue weighted by atomic mass is 9.99. The van der Waals surface area contributed by atoms with Crippen molar-refractivity contribution in [3.05, 3.63) is 35.9 Å².